The zero-order chi connectivity index (χ0) is 15.3. The Hall–Kier alpha value is -1.30. The van der Waals surface area contributed by atoms with Crippen molar-refractivity contribution in [2.75, 3.05) is 20.6 Å². The summed E-state index contributed by atoms with van der Waals surface area (Å²) >= 11 is 0. The largest absolute Gasteiger partial charge is 0.480 e. The molecule has 1 rings (SSSR count). The van der Waals surface area contributed by atoms with Gasteiger partial charge in [-0.15, -0.1) is 0 Å². The van der Waals surface area contributed by atoms with Crippen LogP contribution in [0.4, 0.5) is 4.79 Å². The number of hydrogen-bond donors (Lipinski definition) is 3. The van der Waals surface area contributed by atoms with Crippen molar-refractivity contribution < 1.29 is 14.7 Å². The summed E-state index contributed by atoms with van der Waals surface area (Å²) in [6.07, 6.45) is 4.47. The zero-order valence-electron chi connectivity index (χ0n) is 12.9. The van der Waals surface area contributed by atoms with Crippen molar-refractivity contribution in [1.29, 1.82) is 0 Å². The second kappa shape index (κ2) is 6.92. The van der Waals surface area contributed by atoms with Gasteiger partial charge in [-0.25, -0.2) is 9.59 Å². The fourth-order valence-electron chi connectivity index (χ4n) is 2.77. The minimum atomic E-state index is -1.00. The number of amides is 2. The Kier molecular flexibility index (Phi) is 5.80. The predicted octanol–water partition coefficient (Wildman–Crippen LogP) is 1.27. The molecule has 2 amide bonds. The average molecular weight is 285 g/mol. The van der Waals surface area contributed by atoms with Gasteiger partial charge in [0.2, 0.25) is 0 Å². The fraction of sp³-hybridized carbons (Fsp3) is 0.857. The number of rotatable bonds is 6. The van der Waals surface area contributed by atoms with Gasteiger partial charge in [0.05, 0.1) is 0 Å². The molecule has 0 aliphatic heterocycles. The molecule has 1 atom stereocenters. The normalized spacial score (nSPS) is 19.1. The number of carbonyl (C=O) groups is 2. The molecule has 0 heterocycles. The molecule has 1 saturated carbocycles. The number of carboxylic acid groups (broad SMARTS) is 1. The predicted molar refractivity (Wildman–Crippen MR) is 77.7 cm³/mol. The topological polar surface area (TPSA) is 81.7 Å². The molecule has 0 saturated heterocycles. The first-order valence-electron chi connectivity index (χ1n) is 7.23. The van der Waals surface area contributed by atoms with Gasteiger partial charge in [0.25, 0.3) is 0 Å². The van der Waals surface area contributed by atoms with Crippen LogP contribution in [0.5, 0.6) is 0 Å². The molecule has 0 aromatic rings. The van der Waals surface area contributed by atoms with Crippen LogP contribution in [0.25, 0.3) is 0 Å². The monoisotopic (exact) mass is 285 g/mol. The number of hydrogen-bond acceptors (Lipinski definition) is 3. The van der Waals surface area contributed by atoms with Crippen molar-refractivity contribution in [2.24, 2.45) is 5.92 Å². The van der Waals surface area contributed by atoms with Gasteiger partial charge >= 0.3 is 12.0 Å². The molecular weight excluding hydrogens is 258 g/mol. The van der Waals surface area contributed by atoms with Gasteiger partial charge in [-0.05, 0) is 32.9 Å². The SMILES string of the molecule is CC(C)[C@H](NC(=O)NCC1(N(C)C)CCCC1)C(=O)O. The molecule has 6 nitrogen and oxygen atoms in total. The summed E-state index contributed by atoms with van der Waals surface area (Å²) in [5, 5.41) is 14.4. The van der Waals surface area contributed by atoms with E-state index >= 15 is 0 Å². The van der Waals surface area contributed by atoms with E-state index in [0.717, 1.165) is 12.8 Å². The summed E-state index contributed by atoms with van der Waals surface area (Å²) in [6.45, 7) is 4.10. The lowest BCUT2D eigenvalue weighted by Crippen LogP contribution is -2.55. The minimum Gasteiger partial charge on any atom is -0.480 e. The molecule has 20 heavy (non-hydrogen) atoms. The van der Waals surface area contributed by atoms with E-state index in [4.69, 9.17) is 5.11 Å². The molecule has 0 bridgehead atoms. The maximum Gasteiger partial charge on any atom is 0.326 e. The minimum absolute atomic E-state index is 0.00783. The van der Waals surface area contributed by atoms with Crippen LogP contribution in [-0.2, 0) is 4.79 Å². The molecule has 1 aliphatic rings. The van der Waals surface area contributed by atoms with Crippen LogP contribution in [0.2, 0.25) is 0 Å². The third-order valence-electron chi connectivity index (χ3n) is 4.28. The summed E-state index contributed by atoms with van der Waals surface area (Å²) in [6, 6.07) is -1.26. The lowest BCUT2D eigenvalue weighted by Gasteiger charge is -2.36. The van der Waals surface area contributed by atoms with Crippen LogP contribution in [0.3, 0.4) is 0 Å². The van der Waals surface area contributed by atoms with E-state index in [-0.39, 0.29) is 11.5 Å². The molecule has 3 N–H and O–H groups in total. The highest BCUT2D eigenvalue weighted by Crippen LogP contribution is 2.32. The number of carbonyl (C=O) groups excluding carboxylic acids is 1. The Balaban J connectivity index is 2.52. The number of aliphatic carboxylic acids is 1. The fourth-order valence-corrected chi connectivity index (χ4v) is 2.77. The van der Waals surface area contributed by atoms with Gasteiger partial charge in [0.1, 0.15) is 6.04 Å². The summed E-state index contributed by atoms with van der Waals surface area (Å²) in [5.74, 6) is -1.15. The number of urea groups is 1. The first kappa shape index (κ1) is 16.8. The Morgan fingerprint density at radius 1 is 1.25 bits per heavy atom. The van der Waals surface area contributed by atoms with E-state index in [1.54, 1.807) is 13.8 Å². The molecule has 0 radical (unpaired) electrons. The Morgan fingerprint density at radius 3 is 2.20 bits per heavy atom. The maximum absolute atomic E-state index is 11.9. The summed E-state index contributed by atoms with van der Waals surface area (Å²) in [5.41, 5.74) is 0.00783. The van der Waals surface area contributed by atoms with Gasteiger partial charge in [-0.1, -0.05) is 26.7 Å². The quantitative estimate of drug-likeness (QED) is 0.686. The maximum atomic E-state index is 11.9. The van der Waals surface area contributed by atoms with Crippen molar-refractivity contribution in [3.63, 3.8) is 0 Å². The van der Waals surface area contributed by atoms with E-state index in [1.165, 1.54) is 12.8 Å². The standard InChI is InChI=1S/C14H27N3O3/c1-10(2)11(12(18)19)16-13(20)15-9-14(17(3)4)7-5-6-8-14/h10-11H,5-9H2,1-4H3,(H,18,19)(H2,15,16,20)/t11-/m0/s1. The smallest absolute Gasteiger partial charge is 0.326 e. The first-order chi connectivity index (χ1) is 9.28. The van der Waals surface area contributed by atoms with Gasteiger partial charge in [0, 0.05) is 12.1 Å². The van der Waals surface area contributed by atoms with Crippen molar-refractivity contribution in [3.05, 3.63) is 0 Å². The average Bonchev–Trinajstić information content (AvgIpc) is 2.82. The Labute approximate surface area is 120 Å². The van der Waals surface area contributed by atoms with Crippen LogP contribution in [0, 0.1) is 5.92 Å². The molecule has 1 aliphatic carbocycles. The highest BCUT2D eigenvalue weighted by Gasteiger charge is 2.36. The van der Waals surface area contributed by atoms with E-state index < -0.39 is 18.0 Å². The number of carboxylic acids is 1. The van der Waals surface area contributed by atoms with Crippen LogP contribution in [0.15, 0.2) is 0 Å². The molecule has 116 valence electrons. The first-order valence-corrected chi connectivity index (χ1v) is 7.23. The molecule has 0 aromatic heterocycles. The van der Waals surface area contributed by atoms with Crippen LogP contribution < -0.4 is 10.6 Å². The molecule has 0 aromatic carbocycles. The van der Waals surface area contributed by atoms with Gasteiger partial charge in [0.15, 0.2) is 0 Å². The Morgan fingerprint density at radius 2 is 1.80 bits per heavy atom. The number of likely N-dealkylation sites (N-methyl/N-ethyl adjacent to an activating group) is 1. The van der Waals surface area contributed by atoms with Gasteiger partial charge in [-0.3, -0.25) is 0 Å². The van der Waals surface area contributed by atoms with Crippen molar-refractivity contribution in [2.45, 2.75) is 51.1 Å². The van der Waals surface area contributed by atoms with Crippen LogP contribution in [0.1, 0.15) is 39.5 Å². The van der Waals surface area contributed by atoms with E-state index in [1.807, 2.05) is 14.1 Å². The molecule has 1 fully saturated rings. The highest BCUT2D eigenvalue weighted by atomic mass is 16.4. The third kappa shape index (κ3) is 4.10. The second-order valence-electron chi connectivity index (χ2n) is 6.21. The zero-order valence-corrected chi connectivity index (χ0v) is 12.9. The van der Waals surface area contributed by atoms with E-state index in [2.05, 4.69) is 15.5 Å². The Bertz CT molecular complexity index is 350. The summed E-state index contributed by atoms with van der Waals surface area (Å²) in [4.78, 5) is 25.1. The second-order valence-corrected chi connectivity index (χ2v) is 6.21. The molecule has 0 unspecified atom stereocenters. The van der Waals surface area contributed by atoms with Gasteiger partial charge < -0.3 is 20.6 Å². The van der Waals surface area contributed by atoms with E-state index in [0.29, 0.717) is 6.54 Å². The van der Waals surface area contributed by atoms with Crippen molar-refractivity contribution >= 4 is 12.0 Å². The van der Waals surface area contributed by atoms with Crippen LogP contribution in [-0.4, -0.2) is 54.2 Å². The lowest BCUT2D eigenvalue weighted by molar-refractivity contribution is -0.140. The highest BCUT2D eigenvalue weighted by molar-refractivity contribution is 5.82. The molecule has 6 heteroatoms. The number of nitrogens with zero attached hydrogens (tertiary/aromatic N) is 1. The lowest BCUT2D eigenvalue weighted by atomic mass is 9.96. The molecule has 0 spiro atoms. The summed E-state index contributed by atoms with van der Waals surface area (Å²) < 4.78 is 0. The van der Waals surface area contributed by atoms with Crippen molar-refractivity contribution in [3.8, 4) is 0 Å². The molecular formula is C14H27N3O3. The summed E-state index contributed by atoms with van der Waals surface area (Å²) in [7, 11) is 4.05. The number of nitrogens with one attached hydrogen (secondary N) is 2. The van der Waals surface area contributed by atoms with E-state index in [9.17, 15) is 9.59 Å². The van der Waals surface area contributed by atoms with Crippen LogP contribution >= 0.6 is 0 Å². The van der Waals surface area contributed by atoms with Crippen molar-refractivity contribution in [1.82, 2.24) is 15.5 Å². The van der Waals surface area contributed by atoms with Gasteiger partial charge in [-0.2, -0.15) is 0 Å². The third-order valence-corrected chi connectivity index (χ3v) is 4.28.